The molecule has 0 aliphatic carbocycles. The van der Waals surface area contributed by atoms with Crippen LogP contribution in [-0.2, 0) is 13.1 Å². The quantitative estimate of drug-likeness (QED) is 0.323. The molecule has 1 amide bonds. The molecule has 0 bridgehead atoms. The van der Waals surface area contributed by atoms with Gasteiger partial charge in [-0.25, -0.2) is 4.39 Å². The fourth-order valence-electron chi connectivity index (χ4n) is 3.01. The lowest BCUT2D eigenvalue weighted by atomic mass is 10.1. The summed E-state index contributed by atoms with van der Waals surface area (Å²) in [6.45, 7) is 0.670. The van der Waals surface area contributed by atoms with Gasteiger partial charge in [0.15, 0.2) is 5.82 Å². The number of hydrogen-bond donors (Lipinski definition) is 1. The third-order valence-corrected chi connectivity index (χ3v) is 5.81. The number of carbonyl (C=O) groups excluding carboxylic acids is 1. The van der Waals surface area contributed by atoms with Crippen LogP contribution in [0.4, 0.5) is 10.2 Å². The normalized spacial score (nSPS) is 11.0. The van der Waals surface area contributed by atoms with Gasteiger partial charge in [-0.05, 0) is 61.7 Å². The third-order valence-electron chi connectivity index (χ3n) is 4.47. The lowest BCUT2D eigenvalue weighted by Gasteiger charge is -2.07. The van der Waals surface area contributed by atoms with Gasteiger partial charge in [0.1, 0.15) is 5.82 Å². The minimum absolute atomic E-state index is 0.134. The minimum atomic E-state index is -0.411. The van der Waals surface area contributed by atoms with Crippen LogP contribution >= 0.6 is 43.5 Å². The van der Waals surface area contributed by atoms with Crippen LogP contribution in [0.5, 0.6) is 0 Å². The molecule has 158 valence electrons. The van der Waals surface area contributed by atoms with E-state index in [-0.39, 0.29) is 12.5 Å². The van der Waals surface area contributed by atoms with E-state index < -0.39 is 5.82 Å². The highest BCUT2D eigenvalue weighted by molar-refractivity contribution is 9.10. The van der Waals surface area contributed by atoms with E-state index in [1.165, 1.54) is 10.7 Å². The molecule has 0 atom stereocenters. The first-order valence-electron chi connectivity index (χ1n) is 9.13. The lowest BCUT2D eigenvalue weighted by Crippen LogP contribution is -2.14. The molecule has 2 heterocycles. The zero-order valence-corrected chi connectivity index (χ0v) is 19.8. The Morgan fingerprint density at radius 3 is 2.65 bits per heavy atom. The van der Waals surface area contributed by atoms with Crippen LogP contribution in [-0.4, -0.2) is 25.5 Å². The van der Waals surface area contributed by atoms with Gasteiger partial charge < -0.3 is 5.32 Å². The molecule has 4 aromatic rings. The van der Waals surface area contributed by atoms with Crippen molar-refractivity contribution in [3.05, 3.63) is 97.5 Å². The number of benzene rings is 2. The van der Waals surface area contributed by atoms with Gasteiger partial charge in [0.25, 0.3) is 5.91 Å². The molecule has 0 unspecified atom stereocenters. The molecule has 31 heavy (non-hydrogen) atoms. The Morgan fingerprint density at radius 1 is 1.10 bits per heavy atom. The average molecular weight is 568 g/mol. The molecule has 0 fully saturated rings. The van der Waals surface area contributed by atoms with Crippen LogP contribution in [0, 0.1) is 5.82 Å². The number of nitrogens with one attached hydrogen (secondary N) is 1. The van der Waals surface area contributed by atoms with Crippen LogP contribution in [0.3, 0.4) is 0 Å². The zero-order valence-electron chi connectivity index (χ0n) is 15.9. The fourth-order valence-corrected chi connectivity index (χ4v) is 3.98. The summed E-state index contributed by atoms with van der Waals surface area (Å²) in [5, 5.41) is 11.7. The van der Waals surface area contributed by atoms with E-state index in [1.54, 1.807) is 41.3 Å². The predicted molar refractivity (Wildman–Crippen MR) is 124 cm³/mol. The fraction of sp³-hybridized carbons (Fsp3) is 0.0952. The molecule has 4 rings (SSSR count). The SMILES string of the molecule is O=C(Nc1nn(Cc2c(F)cccc2Cl)cc1Br)c1cccc(Cn2cc(Br)cn2)c1. The monoisotopic (exact) mass is 565 g/mol. The molecule has 10 heteroatoms. The van der Waals surface area contributed by atoms with Gasteiger partial charge in [-0.1, -0.05) is 29.8 Å². The van der Waals surface area contributed by atoms with Gasteiger partial charge in [-0.3, -0.25) is 14.2 Å². The molecule has 2 aromatic carbocycles. The summed E-state index contributed by atoms with van der Waals surface area (Å²) in [6, 6.07) is 11.8. The first-order chi connectivity index (χ1) is 14.9. The van der Waals surface area contributed by atoms with Crippen molar-refractivity contribution in [3.63, 3.8) is 0 Å². The van der Waals surface area contributed by atoms with Gasteiger partial charge in [0, 0.05) is 28.5 Å². The molecule has 0 aliphatic heterocycles. The Balaban J connectivity index is 1.48. The summed E-state index contributed by atoms with van der Waals surface area (Å²) in [6.07, 6.45) is 5.22. The van der Waals surface area contributed by atoms with Crippen molar-refractivity contribution in [3.8, 4) is 0 Å². The molecule has 1 N–H and O–H groups in total. The number of hydrogen-bond acceptors (Lipinski definition) is 3. The second-order valence-electron chi connectivity index (χ2n) is 6.73. The van der Waals surface area contributed by atoms with Gasteiger partial charge in [0.05, 0.1) is 28.2 Å². The maximum Gasteiger partial charge on any atom is 0.256 e. The van der Waals surface area contributed by atoms with E-state index in [1.807, 2.05) is 18.3 Å². The van der Waals surface area contributed by atoms with Crippen LogP contribution in [0.25, 0.3) is 0 Å². The first kappa shape index (κ1) is 21.7. The smallest absolute Gasteiger partial charge is 0.256 e. The summed E-state index contributed by atoms with van der Waals surface area (Å²) >= 11 is 12.9. The molecule has 0 saturated carbocycles. The van der Waals surface area contributed by atoms with Gasteiger partial charge in [-0.15, -0.1) is 0 Å². The number of rotatable bonds is 6. The van der Waals surface area contributed by atoms with Crippen molar-refractivity contribution in [1.82, 2.24) is 19.6 Å². The average Bonchev–Trinajstić information content (AvgIpc) is 3.30. The maximum atomic E-state index is 14.1. The van der Waals surface area contributed by atoms with Crippen molar-refractivity contribution in [2.24, 2.45) is 0 Å². The van der Waals surface area contributed by atoms with E-state index in [2.05, 4.69) is 47.4 Å². The molecule has 0 aliphatic rings. The maximum absolute atomic E-state index is 14.1. The van der Waals surface area contributed by atoms with Gasteiger partial charge in [-0.2, -0.15) is 10.2 Å². The highest BCUT2D eigenvalue weighted by Gasteiger charge is 2.15. The summed E-state index contributed by atoms with van der Waals surface area (Å²) in [5.74, 6) is -0.386. The standard InChI is InChI=1S/C21H15Br2ClFN5O/c22-15-8-26-29(10-15)9-13-3-1-4-14(7-13)21(31)27-20-17(23)12-30(28-20)11-16-18(24)5-2-6-19(16)25/h1-8,10,12H,9,11H2,(H,27,28,31). The summed E-state index contributed by atoms with van der Waals surface area (Å²) in [4.78, 5) is 12.8. The highest BCUT2D eigenvalue weighted by atomic mass is 79.9. The van der Waals surface area contributed by atoms with E-state index in [4.69, 9.17) is 11.6 Å². The molecular formula is C21H15Br2ClFN5O. The van der Waals surface area contributed by atoms with Crippen LogP contribution in [0.15, 0.2) is 70.0 Å². The van der Waals surface area contributed by atoms with E-state index in [0.29, 0.717) is 33.0 Å². The Hall–Kier alpha value is -2.49. The van der Waals surface area contributed by atoms with Crippen LogP contribution in [0.2, 0.25) is 5.02 Å². The molecule has 2 aromatic heterocycles. The van der Waals surface area contributed by atoms with E-state index >= 15 is 0 Å². The topological polar surface area (TPSA) is 64.7 Å². The van der Waals surface area contributed by atoms with Crippen molar-refractivity contribution in [2.45, 2.75) is 13.1 Å². The van der Waals surface area contributed by atoms with E-state index in [9.17, 15) is 9.18 Å². The van der Waals surface area contributed by atoms with Crippen molar-refractivity contribution >= 4 is 55.2 Å². The highest BCUT2D eigenvalue weighted by Crippen LogP contribution is 2.24. The van der Waals surface area contributed by atoms with Gasteiger partial charge in [0.2, 0.25) is 0 Å². The molecule has 6 nitrogen and oxygen atoms in total. The number of amides is 1. The van der Waals surface area contributed by atoms with Crippen LogP contribution in [0.1, 0.15) is 21.5 Å². The summed E-state index contributed by atoms with van der Waals surface area (Å²) < 4.78 is 18.8. The number of halogens is 4. The molecule has 0 radical (unpaired) electrons. The molecule has 0 saturated heterocycles. The minimum Gasteiger partial charge on any atom is -0.304 e. The van der Waals surface area contributed by atoms with Crippen molar-refractivity contribution < 1.29 is 9.18 Å². The molecule has 0 spiro atoms. The lowest BCUT2D eigenvalue weighted by molar-refractivity contribution is 0.102. The van der Waals surface area contributed by atoms with E-state index in [0.717, 1.165) is 10.0 Å². The molecular weight excluding hydrogens is 553 g/mol. The van der Waals surface area contributed by atoms with Crippen molar-refractivity contribution in [2.75, 3.05) is 5.32 Å². The Morgan fingerprint density at radius 2 is 1.90 bits per heavy atom. The van der Waals surface area contributed by atoms with Crippen molar-refractivity contribution in [1.29, 1.82) is 0 Å². The second-order valence-corrected chi connectivity index (χ2v) is 8.91. The zero-order chi connectivity index (χ0) is 22.0. The number of aromatic nitrogens is 4. The Bertz CT molecular complexity index is 1240. The second kappa shape index (κ2) is 9.33. The Kier molecular flexibility index (Phi) is 6.54. The number of carbonyl (C=O) groups is 1. The number of anilines is 1. The first-order valence-corrected chi connectivity index (χ1v) is 11.1. The Labute approximate surface area is 199 Å². The summed E-state index contributed by atoms with van der Waals surface area (Å²) in [5.41, 5.74) is 1.75. The predicted octanol–water partition coefficient (Wildman–Crippen LogP) is 5.75. The summed E-state index contributed by atoms with van der Waals surface area (Å²) in [7, 11) is 0. The number of nitrogens with zero attached hydrogens (tertiary/aromatic N) is 4. The largest absolute Gasteiger partial charge is 0.304 e. The third kappa shape index (κ3) is 5.23. The van der Waals surface area contributed by atoms with Gasteiger partial charge >= 0.3 is 0 Å². The van der Waals surface area contributed by atoms with Crippen LogP contribution < -0.4 is 5.32 Å².